The highest BCUT2D eigenvalue weighted by Crippen LogP contribution is 2.29. The van der Waals surface area contributed by atoms with Crippen LogP contribution < -0.4 is 0 Å². The molecule has 1 heterocycles. The maximum atomic E-state index is 12.2. The normalized spacial score (nSPS) is 20.9. The zero-order chi connectivity index (χ0) is 14.1. The van der Waals surface area contributed by atoms with E-state index in [0.717, 1.165) is 5.57 Å². The first-order chi connectivity index (χ1) is 8.04. The van der Waals surface area contributed by atoms with Gasteiger partial charge in [0, 0.05) is 6.42 Å². The second-order valence-corrected chi connectivity index (χ2v) is 11.6. The van der Waals surface area contributed by atoms with Crippen molar-refractivity contribution in [1.29, 1.82) is 0 Å². The van der Waals surface area contributed by atoms with Gasteiger partial charge in [0.15, 0.2) is 0 Å². The van der Waals surface area contributed by atoms with Crippen LogP contribution in [0.25, 0.3) is 0 Å². The number of carbonyl (C=O) groups is 1. The first-order valence-corrected chi connectivity index (χ1v) is 9.81. The third kappa shape index (κ3) is 3.85. The number of hydrogen-bond donors (Lipinski definition) is 1. The molecule has 0 saturated heterocycles. The Bertz CT molecular complexity index is 352. The van der Waals surface area contributed by atoms with Gasteiger partial charge in [-0.05, 0) is 32.5 Å². The Morgan fingerprint density at radius 3 is 2.44 bits per heavy atom. The highest BCUT2D eigenvalue weighted by molar-refractivity contribution is 6.73. The van der Waals surface area contributed by atoms with E-state index in [4.69, 9.17) is 4.74 Å². The molecule has 104 valence electrons. The first kappa shape index (κ1) is 15.2. The summed E-state index contributed by atoms with van der Waals surface area (Å²) in [6.07, 6.45) is 2.52. The largest absolute Gasteiger partial charge is 0.458 e. The molecule has 1 N–H and O–H groups in total. The number of nitrogens with zero attached hydrogens (tertiary/aromatic N) is 1. The van der Waals surface area contributed by atoms with Crippen molar-refractivity contribution in [3.63, 3.8) is 0 Å². The standard InChI is InChI=1S/C13H25NO3Si/c1-13(2,3)17-12(16)11-7-10(9-15)8-14(11)18(4,5)6/h8,11,15H,7,9H2,1-6H3. The molecular formula is C13H25NO3Si. The van der Waals surface area contributed by atoms with Crippen molar-refractivity contribution >= 4 is 14.2 Å². The summed E-state index contributed by atoms with van der Waals surface area (Å²) in [5.41, 5.74) is 0.442. The van der Waals surface area contributed by atoms with Crippen molar-refractivity contribution in [1.82, 2.24) is 4.57 Å². The van der Waals surface area contributed by atoms with Gasteiger partial charge in [-0.1, -0.05) is 19.6 Å². The Kier molecular flexibility index (Phi) is 4.28. The van der Waals surface area contributed by atoms with Crippen molar-refractivity contribution < 1.29 is 14.6 Å². The summed E-state index contributed by atoms with van der Waals surface area (Å²) < 4.78 is 7.58. The average Bonchev–Trinajstić information content (AvgIpc) is 2.57. The van der Waals surface area contributed by atoms with Gasteiger partial charge >= 0.3 is 5.97 Å². The first-order valence-electron chi connectivity index (χ1n) is 6.36. The smallest absolute Gasteiger partial charge is 0.328 e. The van der Waals surface area contributed by atoms with Gasteiger partial charge in [-0.2, -0.15) is 0 Å². The van der Waals surface area contributed by atoms with Crippen molar-refractivity contribution in [3.05, 3.63) is 11.8 Å². The van der Waals surface area contributed by atoms with E-state index in [2.05, 4.69) is 24.2 Å². The summed E-state index contributed by atoms with van der Waals surface area (Å²) in [5, 5.41) is 9.25. The van der Waals surface area contributed by atoms with Crippen LogP contribution in [0.2, 0.25) is 19.6 Å². The van der Waals surface area contributed by atoms with E-state index < -0.39 is 13.8 Å². The average molecular weight is 271 g/mol. The third-order valence-electron chi connectivity index (χ3n) is 2.77. The van der Waals surface area contributed by atoms with E-state index in [-0.39, 0.29) is 18.6 Å². The van der Waals surface area contributed by atoms with E-state index in [1.54, 1.807) is 0 Å². The summed E-state index contributed by atoms with van der Waals surface area (Å²) >= 11 is 0. The maximum absolute atomic E-state index is 12.2. The second-order valence-electron chi connectivity index (χ2n) is 6.78. The van der Waals surface area contributed by atoms with Crippen LogP contribution in [0.3, 0.4) is 0 Å². The Morgan fingerprint density at radius 2 is 2.06 bits per heavy atom. The van der Waals surface area contributed by atoms with Crippen LogP contribution in [-0.4, -0.2) is 42.1 Å². The van der Waals surface area contributed by atoms with Crippen molar-refractivity contribution in [3.8, 4) is 0 Å². The fourth-order valence-electron chi connectivity index (χ4n) is 2.02. The summed E-state index contributed by atoms with van der Waals surface area (Å²) in [7, 11) is -1.64. The highest BCUT2D eigenvalue weighted by Gasteiger charge is 2.39. The second kappa shape index (κ2) is 5.05. The Morgan fingerprint density at radius 1 is 1.50 bits per heavy atom. The maximum Gasteiger partial charge on any atom is 0.328 e. The number of rotatable bonds is 3. The zero-order valence-electron chi connectivity index (χ0n) is 12.3. The predicted octanol–water partition coefficient (Wildman–Crippen LogP) is 2.11. The van der Waals surface area contributed by atoms with Gasteiger partial charge in [0.2, 0.25) is 0 Å². The molecule has 18 heavy (non-hydrogen) atoms. The van der Waals surface area contributed by atoms with Crippen LogP contribution in [0, 0.1) is 0 Å². The monoisotopic (exact) mass is 271 g/mol. The van der Waals surface area contributed by atoms with Crippen LogP contribution in [0.15, 0.2) is 11.8 Å². The lowest BCUT2D eigenvalue weighted by atomic mass is 10.1. The molecule has 0 fully saturated rings. The van der Waals surface area contributed by atoms with Crippen molar-refractivity contribution in [2.45, 2.75) is 58.5 Å². The van der Waals surface area contributed by atoms with Crippen LogP contribution in [-0.2, 0) is 9.53 Å². The molecule has 5 heteroatoms. The fourth-order valence-corrected chi connectivity index (χ4v) is 3.72. The van der Waals surface area contributed by atoms with Gasteiger partial charge in [-0.25, -0.2) is 4.79 Å². The summed E-state index contributed by atoms with van der Waals surface area (Å²) in [5.74, 6) is -0.190. The lowest BCUT2D eigenvalue weighted by molar-refractivity contribution is -0.158. The SMILES string of the molecule is CC(C)(C)OC(=O)C1CC(CO)=CN1[Si](C)(C)C. The lowest BCUT2D eigenvalue weighted by Gasteiger charge is -2.36. The van der Waals surface area contributed by atoms with Gasteiger partial charge in [0.05, 0.1) is 6.61 Å². The van der Waals surface area contributed by atoms with E-state index in [9.17, 15) is 9.90 Å². The van der Waals surface area contributed by atoms with Crippen LogP contribution in [0.5, 0.6) is 0 Å². The van der Waals surface area contributed by atoms with Crippen molar-refractivity contribution in [2.24, 2.45) is 0 Å². The molecule has 0 aromatic heterocycles. The highest BCUT2D eigenvalue weighted by atomic mass is 28.3. The Labute approximate surface area is 111 Å². The minimum atomic E-state index is -1.64. The van der Waals surface area contributed by atoms with Crippen molar-refractivity contribution in [2.75, 3.05) is 6.61 Å². The molecule has 1 aliphatic heterocycles. The molecule has 0 aliphatic carbocycles. The molecule has 1 unspecified atom stereocenters. The molecule has 0 radical (unpaired) electrons. The number of hydrogen-bond acceptors (Lipinski definition) is 4. The van der Waals surface area contributed by atoms with E-state index in [1.165, 1.54) is 0 Å². The van der Waals surface area contributed by atoms with Gasteiger partial charge in [0.1, 0.15) is 19.9 Å². The van der Waals surface area contributed by atoms with Crippen LogP contribution in [0.1, 0.15) is 27.2 Å². The molecule has 1 rings (SSSR count). The quantitative estimate of drug-likeness (QED) is 0.631. The summed E-state index contributed by atoms with van der Waals surface area (Å²) in [4.78, 5) is 12.2. The molecule has 0 amide bonds. The van der Waals surface area contributed by atoms with E-state index in [1.807, 2.05) is 27.0 Å². The number of carbonyl (C=O) groups excluding carboxylic acids is 1. The van der Waals surface area contributed by atoms with Crippen LogP contribution >= 0.6 is 0 Å². The molecule has 1 atom stereocenters. The molecule has 4 nitrogen and oxygen atoms in total. The molecule has 0 saturated carbocycles. The predicted molar refractivity (Wildman–Crippen MR) is 74.6 cm³/mol. The molecule has 1 aliphatic rings. The third-order valence-corrected chi connectivity index (χ3v) is 4.76. The molecule has 0 bridgehead atoms. The van der Waals surface area contributed by atoms with E-state index in [0.29, 0.717) is 6.42 Å². The van der Waals surface area contributed by atoms with Gasteiger partial charge in [0.25, 0.3) is 0 Å². The minimum absolute atomic E-state index is 0.0142. The van der Waals surface area contributed by atoms with Crippen LogP contribution in [0.4, 0.5) is 0 Å². The number of aliphatic hydroxyl groups excluding tert-OH is 1. The van der Waals surface area contributed by atoms with Gasteiger partial charge < -0.3 is 14.4 Å². The van der Waals surface area contributed by atoms with E-state index >= 15 is 0 Å². The molecular weight excluding hydrogens is 246 g/mol. The number of aliphatic hydroxyl groups is 1. The summed E-state index contributed by atoms with van der Waals surface area (Å²) in [6, 6.07) is -0.266. The number of ether oxygens (including phenoxy) is 1. The minimum Gasteiger partial charge on any atom is -0.458 e. The fraction of sp³-hybridized carbons (Fsp3) is 0.769. The topological polar surface area (TPSA) is 49.8 Å². The van der Waals surface area contributed by atoms with Gasteiger partial charge in [-0.15, -0.1) is 0 Å². The van der Waals surface area contributed by atoms with Gasteiger partial charge in [-0.3, -0.25) is 0 Å². The zero-order valence-corrected chi connectivity index (χ0v) is 13.3. The Balaban J connectivity index is 2.86. The molecule has 0 aromatic carbocycles. The Hall–Kier alpha value is -0.813. The lowest BCUT2D eigenvalue weighted by Crippen LogP contribution is -2.50. The number of esters is 1. The summed E-state index contributed by atoms with van der Waals surface area (Å²) in [6.45, 7) is 12.2. The molecule has 0 aromatic rings. The molecule has 0 spiro atoms.